The fourth-order valence-electron chi connectivity index (χ4n) is 8.95. The van der Waals surface area contributed by atoms with E-state index in [1.807, 2.05) is 12.4 Å². The zero-order valence-electron chi connectivity index (χ0n) is 33.2. The minimum Gasteiger partial charge on any atom is -0.293 e. The number of aryl methyl sites for hydroxylation is 3. The van der Waals surface area contributed by atoms with Crippen LogP contribution in [0.5, 0.6) is 0 Å². The molecule has 0 amide bonds. The van der Waals surface area contributed by atoms with Gasteiger partial charge >= 0.3 is 0 Å². The molecule has 280 valence electrons. The van der Waals surface area contributed by atoms with Crippen LogP contribution in [-0.2, 0) is 0 Å². The van der Waals surface area contributed by atoms with E-state index in [4.69, 9.17) is 9.97 Å². The average Bonchev–Trinajstić information content (AvgIpc) is 3.28. The van der Waals surface area contributed by atoms with Crippen molar-refractivity contribution >= 4 is 99.0 Å². The summed E-state index contributed by atoms with van der Waals surface area (Å²) in [5.74, 6) is 1.77. The molecular formula is C55H40N4. The largest absolute Gasteiger partial charge is 0.293 e. The van der Waals surface area contributed by atoms with Crippen LogP contribution in [0.25, 0.3) is 64.6 Å². The molecule has 0 spiro atoms. The maximum atomic E-state index is 5.24. The second-order valence-corrected chi connectivity index (χ2v) is 15.7. The molecule has 0 saturated carbocycles. The Balaban J connectivity index is 1.32. The number of hydrogen-bond acceptors (Lipinski definition) is 4. The van der Waals surface area contributed by atoms with E-state index < -0.39 is 0 Å². The van der Waals surface area contributed by atoms with E-state index >= 15 is 0 Å². The van der Waals surface area contributed by atoms with E-state index in [9.17, 15) is 0 Å². The van der Waals surface area contributed by atoms with Gasteiger partial charge in [-0.1, -0.05) is 127 Å². The lowest BCUT2D eigenvalue weighted by Gasteiger charge is -2.33. The molecular weight excluding hydrogens is 717 g/mol. The first-order valence-corrected chi connectivity index (χ1v) is 20.2. The maximum Gasteiger partial charge on any atom is 0.145 e. The molecule has 0 saturated heterocycles. The Hall–Kier alpha value is -7.56. The van der Waals surface area contributed by atoms with Crippen LogP contribution in [0.3, 0.4) is 0 Å². The number of aromatic nitrogens is 2. The van der Waals surface area contributed by atoms with Crippen molar-refractivity contribution < 1.29 is 0 Å². The molecule has 4 heteroatoms. The van der Waals surface area contributed by atoms with E-state index in [-0.39, 0.29) is 0 Å². The van der Waals surface area contributed by atoms with Gasteiger partial charge in [-0.25, -0.2) is 9.97 Å². The molecule has 0 unspecified atom stereocenters. The Morgan fingerprint density at radius 2 is 0.746 bits per heavy atom. The maximum absolute atomic E-state index is 5.24. The van der Waals surface area contributed by atoms with Crippen molar-refractivity contribution in [2.75, 3.05) is 9.80 Å². The Bertz CT molecular complexity index is 3450. The van der Waals surface area contributed by atoms with Gasteiger partial charge in [0.05, 0.1) is 11.4 Å². The van der Waals surface area contributed by atoms with Gasteiger partial charge in [-0.05, 0) is 119 Å². The van der Waals surface area contributed by atoms with Gasteiger partial charge in [-0.2, -0.15) is 0 Å². The zero-order valence-corrected chi connectivity index (χ0v) is 33.2. The van der Waals surface area contributed by atoms with Crippen molar-refractivity contribution in [1.82, 2.24) is 9.97 Å². The van der Waals surface area contributed by atoms with Gasteiger partial charge in [-0.15, -0.1) is 0 Å². The third-order valence-corrected chi connectivity index (χ3v) is 12.0. The van der Waals surface area contributed by atoms with Crippen LogP contribution >= 0.6 is 0 Å². The standard InChI is InChI=1S/C55H40N4/c1-35-20-25-48-49(30-35)53(59(45-24-22-39-13-5-7-17-43(39)34-45)55-47-19-11-9-15-41(47)27-29-57-55)51-32-37(3)36(2)31-50(51)52(48)58(44-23-21-38-12-4-6-16-42(38)33-44)54-46-18-10-8-14-40(46)26-28-56-54/h4-34H,1-3H3. The number of rotatable bonds is 6. The van der Waals surface area contributed by atoms with E-state index in [2.05, 4.69) is 206 Å². The monoisotopic (exact) mass is 756 g/mol. The summed E-state index contributed by atoms with van der Waals surface area (Å²) in [4.78, 5) is 15.3. The predicted molar refractivity (Wildman–Crippen MR) is 251 cm³/mol. The molecule has 11 aromatic rings. The van der Waals surface area contributed by atoms with E-state index in [1.165, 1.54) is 38.2 Å². The number of fused-ring (bicyclic) bond motifs is 6. The minimum absolute atomic E-state index is 0.884. The van der Waals surface area contributed by atoms with Crippen LogP contribution in [0.2, 0.25) is 0 Å². The highest BCUT2D eigenvalue weighted by molar-refractivity contribution is 6.25. The first-order valence-electron chi connectivity index (χ1n) is 20.2. The predicted octanol–water partition coefficient (Wildman–Crippen LogP) is 15.3. The first-order chi connectivity index (χ1) is 29.0. The van der Waals surface area contributed by atoms with E-state index in [0.717, 1.165) is 77.5 Å². The highest BCUT2D eigenvalue weighted by Gasteiger charge is 2.28. The molecule has 2 aromatic heterocycles. The quantitative estimate of drug-likeness (QED) is 0.125. The topological polar surface area (TPSA) is 32.3 Å². The lowest BCUT2D eigenvalue weighted by molar-refractivity contribution is 1.21. The number of anilines is 6. The molecule has 11 rings (SSSR count). The SMILES string of the molecule is Cc1ccc2c(N(c3ccc4ccccc4c3)c3nccc4ccccc34)c3cc(C)c(C)cc3c(N(c3ccc4ccccc4c3)c3nccc4ccccc34)c2c1. The fraction of sp³-hybridized carbons (Fsp3) is 0.0545. The van der Waals surface area contributed by atoms with Gasteiger partial charge in [0, 0.05) is 56.1 Å². The second kappa shape index (κ2) is 13.8. The number of benzene rings is 9. The molecule has 0 fully saturated rings. The molecule has 0 atom stereocenters. The average molecular weight is 757 g/mol. The molecule has 0 bridgehead atoms. The van der Waals surface area contributed by atoms with E-state index in [0.29, 0.717) is 0 Å². The summed E-state index contributed by atoms with van der Waals surface area (Å²) in [5, 5.41) is 13.7. The molecule has 0 aliphatic carbocycles. The summed E-state index contributed by atoms with van der Waals surface area (Å²) in [6, 6.07) is 63.8. The van der Waals surface area contributed by atoms with Crippen molar-refractivity contribution in [3.63, 3.8) is 0 Å². The number of pyridine rings is 2. The van der Waals surface area contributed by atoms with Crippen molar-refractivity contribution in [3.05, 3.63) is 205 Å². The molecule has 0 aliphatic rings. The molecule has 0 N–H and O–H groups in total. The Kier molecular flexibility index (Phi) is 8.12. The normalized spacial score (nSPS) is 11.6. The summed E-state index contributed by atoms with van der Waals surface area (Å²) in [5.41, 5.74) is 7.90. The van der Waals surface area contributed by atoms with Gasteiger partial charge in [0.2, 0.25) is 0 Å². The minimum atomic E-state index is 0.884. The highest BCUT2D eigenvalue weighted by atomic mass is 15.2. The van der Waals surface area contributed by atoms with Crippen LogP contribution in [0.4, 0.5) is 34.4 Å². The van der Waals surface area contributed by atoms with Gasteiger partial charge < -0.3 is 0 Å². The van der Waals surface area contributed by atoms with Crippen LogP contribution in [0, 0.1) is 20.8 Å². The van der Waals surface area contributed by atoms with Crippen LogP contribution in [0.1, 0.15) is 16.7 Å². The zero-order chi connectivity index (χ0) is 39.6. The second-order valence-electron chi connectivity index (χ2n) is 15.7. The van der Waals surface area contributed by atoms with Gasteiger partial charge in [0.25, 0.3) is 0 Å². The Morgan fingerprint density at radius 3 is 1.25 bits per heavy atom. The van der Waals surface area contributed by atoms with Crippen LogP contribution in [0.15, 0.2) is 188 Å². The van der Waals surface area contributed by atoms with Crippen molar-refractivity contribution in [3.8, 4) is 0 Å². The van der Waals surface area contributed by atoms with E-state index in [1.54, 1.807) is 0 Å². The van der Waals surface area contributed by atoms with Crippen molar-refractivity contribution in [2.45, 2.75) is 20.8 Å². The van der Waals surface area contributed by atoms with Crippen molar-refractivity contribution in [2.24, 2.45) is 0 Å². The number of nitrogens with zero attached hydrogens (tertiary/aromatic N) is 4. The third kappa shape index (κ3) is 5.75. The summed E-state index contributed by atoms with van der Waals surface area (Å²) < 4.78 is 0. The smallest absolute Gasteiger partial charge is 0.145 e. The van der Waals surface area contributed by atoms with Crippen LogP contribution < -0.4 is 9.80 Å². The summed E-state index contributed by atoms with van der Waals surface area (Å²) >= 11 is 0. The Morgan fingerprint density at radius 1 is 0.322 bits per heavy atom. The van der Waals surface area contributed by atoms with Crippen LogP contribution in [-0.4, -0.2) is 9.97 Å². The first kappa shape index (κ1) is 34.7. The molecule has 4 nitrogen and oxygen atoms in total. The Labute approximate surface area is 343 Å². The summed E-state index contributed by atoms with van der Waals surface area (Å²) in [7, 11) is 0. The van der Waals surface area contributed by atoms with Gasteiger partial charge in [0.1, 0.15) is 11.6 Å². The number of hydrogen-bond donors (Lipinski definition) is 0. The lowest BCUT2D eigenvalue weighted by atomic mass is 9.92. The molecule has 9 aromatic carbocycles. The van der Waals surface area contributed by atoms with Gasteiger partial charge in [-0.3, -0.25) is 9.80 Å². The third-order valence-electron chi connectivity index (χ3n) is 12.0. The molecule has 59 heavy (non-hydrogen) atoms. The molecule has 0 aliphatic heterocycles. The molecule has 2 heterocycles. The van der Waals surface area contributed by atoms with Gasteiger partial charge in [0.15, 0.2) is 0 Å². The lowest BCUT2D eigenvalue weighted by Crippen LogP contribution is -2.16. The summed E-state index contributed by atoms with van der Waals surface area (Å²) in [6.07, 6.45) is 3.89. The van der Waals surface area contributed by atoms with Crippen molar-refractivity contribution in [1.29, 1.82) is 0 Å². The highest BCUT2D eigenvalue weighted by Crippen LogP contribution is 2.53. The molecule has 0 radical (unpaired) electrons. The summed E-state index contributed by atoms with van der Waals surface area (Å²) in [6.45, 7) is 6.64. The fourth-order valence-corrected chi connectivity index (χ4v) is 8.95.